The number of carbonyl (C=O) groups excluding carboxylic acids is 1. The van der Waals surface area contributed by atoms with Crippen LogP contribution < -0.4 is 10.5 Å². The highest BCUT2D eigenvalue weighted by Crippen LogP contribution is 2.55. The van der Waals surface area contributed by atoms with Crippen molar-refractivity contribution in [1.29, 1.82) is 0 Å². The molecule has 0 radical (unpaired) electrons. The molecular formula is C16H19F3N2O4S. The standard InChI is InChI=1S/C16H19F3N2O4S/c1-25-14(22)9-2-10(16(17,18)19)4-13(3-9)26(23,24)21-12-7-15(8-12)5-11(20)6-15/h2-4,11-12,21H,5-8,20H2,1H3. The molecule has 1 spiro atoms. The average molecular weight is 392 g/mol. The predicted octanol–water partition coefficient (Wildman–Crippen LogP) is 2.04. The Hall–Kier alpha value is -1.65. The van der Waals surface area contributed by atoms with Crippen molar-refractivity contribution in [3.05, 3.63) is 29.3 Å². The van der Waals surface area contributed by atoms with Crippen molar-refractivity contribution in [2.45, 2.75) is 48.8 Å². The molecule has 0 atom stereocenters. The molecule has 144 valence electrons. The summed E-state index contributed by atoms with van der Waals surface area (Å²) in [5.41, 5.74) is 4.12. The van der Waals surface area contributed by atoms with Crippen molar-refractivity contribution in [1.82, 2.24) is 4.72 Å². The summed E-state index contributed by atoms with van der Waals surface area (Å²) in [6, 6.07) is 1.76. The fourth-order valence-corrected chi connectivity index (χ4v) is 5.20. The molecule has 0 aromatic heterocycles. The van der Waals surface area contributed by atoms with Crippen molar-refractivity contribution in [3.8, 4) is 0 Å². The van der Waals surface area contributed by atoms with E-state index in [0.717, 1.165) is 26.0 Å². The van der Waals surface area contributed by atoms with Crippen LogP contribution >= 0.6 is 0 Å². The van der Waals surface area contributed by atoms with Crippen molar-refractivity contribution < 1.29 is 31.1 Å². The number of hydrogen-bond acceptors (Lipinski definition) is 5. The van der Waals surface area contributed by atoms with E-state index in [1.54, 1.807) is 0 Å². The van der Waals surface area contributed by atoms with Crippen LogP contribution in [0.3, 0.4) is 0 Å². The third-order valence-corrected chi connectivity index (χ3v) is 6.54. The Morgan fingerprint density at radius 2 is 1.85 bits per heavy atom. The number of carbonyl (C=O) groups is 1. The molecule has 2 saturated carbocycles. The second-order valence-electron chi connectivity index (χ2n) is 7.13. The second-order valence-corrected chi connectivity index (χ2v) is 8.84. The molecule has 0 heterocycles. The van der Waals surface area contributed by atoms with Gasteiger partial charge in [-0.2, -0.15) is 13.2 Å². The van der Waals surface area contributed by atoms with Crippen molar-refractivity contribution in [3.63, 3.8) is 0 Å². The molecule has 1 aromatic rings. The number of esters is 1. The van der Waals surface area contributed by atoms with Gasteiger partial charge in [0.05, 0.1) is 23.1 Å². The molecule has 2 fully saturated rings. The molecule has 0 amide bonds. The van der Waals surface area contributed by atoms with E-state index in [9.17, 15) is 26.4 Å². The van der Waals surface area contributed by atoms with Gasteiger partial charge in [0, 0.05) is 12.1 Å². The van der Waals surface area contributed by atoms with Gasteiger partial charge in [-0.1, -0.05) is 0 Å². The van der Waals surface area contributed by atoms with Crippen LogP contribution in [0.4, 0.5) is 13.2 Å². The number of rotatable bonds is 4. The Bertz CT molecular complexity index is 824. The Balaban J connectivity index is 1.83. The first-order valence-electron chi connectivity index (χ1n) is 8.03. The van der Waals surface area contributed by atoms with Gasteiger partial charge >= 0.3 is 12.1 Å². The van der Waals surface area contributed by atoms with Gasteiger partial charge in [-0.3, -0.25) is 0 Å². The molecule has 3 N–H and O–H groups in total. The van der Waals surface area contributed by atoms with Crippen LogP contribution in [0.25, 0.3) is 0 Å². The monoisotopic (exact) mass is 392 g/mol. The molecule has 6 nitrogen and oxygen atoms in total. The number of sulfonamides is 1. The second kappa shape index (κ2) is 6.21. The van der Waals surface area contributed by atoms with Crippen LogP contribution in [0, 0.1) is 5.41 Å². The van der Waals surface area contributed by atoms with Crippen LogP contribution in [-0.4, -0.2) is 33.6 Å². The number of nitrogens with one attached hydrogen (secondary N) is 1. The summed E-state index contributed by atoms with van der Waals surface area (Å²) in [7, 11) is -3.20. The number of nitrogens with two attached hydrogens (primary N) is 1. The molecule has 1 aromatic carbocycles. The third kappa shape index (κ3) is 3.58. The number of benzene rings is 1. The van der Waals surface area contributed by atoms with Gasteiger partial charge in [-0.05, 0) is 49.3 Å². The number of methoxy groups -OCH3 is 1. The lowest BCUT2D eigenvalue weighted by molar-refractivity contribution is -0.137. The van der Waals surface area contributed by atoms with E-state index in [1.165, 1.54) is 0 Å². The molecule has 0 unspecified atom stereocenters. The fourth-order valence-electron chi connectivity index (χ4n) is 3.90. The number of alkyl halides is 3. The molecule has 0 saturated heterocycles. The minimum Gasteiger partial charge on any atom is -0.465 e. The smallest absolute Gasteiger partial charge is 0.416 e. The number of hydrogen-bond donors (Lipinski definition) is 2. The lowest BCUT2D eigenvalue weighted by Crippen LogP contribution is -2.59. The average Bonchev–Trinajstić information content (AvgIpc) is 2.49. The maximum absolute atomic E-state index is 13.1. The third-order valence-electron chi connectivity index (χ3n) is 5.04. The quantitative estimate of drug-likeness (QED) is 0.764. The van der Waals surface area contributed by atoms with E-state index >= 15 is 0 Å². The maximum Gasteiger partial charge on any atom is 0.416 e. The van der Waals surface area contributed by atoms with Gasteiger partial charge < -0.3 is 10.5 Å². The van der Waals surface area contributed by atoms with E-state index < -0.39 is 38.2 Å². The van der Waals surface area contributed by atoms with Crippen LogP contribution in [0.1, 0.15) is 41.6 Å². The molecule has 10 heteroatoms. The topological polar surface area (TPSA) is 98.5 Å². The lowest BCUT2D eigenvalue weighted by Gasteiger charge is -2.56. The van der Waals surface area contributed by atoms with Crippen LogP contribution in [0.5, 0.6) is 0 Å². The van der Waals surface area contributed by atoms with Gasteiger partial charge in [0.25, 0.3) is 0 Å². The molecule has 2 aliphatic carbocycles. The summed E-state index contributed by atoms with van der Waals surface area (Å²) in [5.74, 6) is -1.04. The normalized spacial score (nSPS) is 28.3. The molecule has 3 rings (SSSR count). The van der Waals surface area contributed by atoms with Crippen molar-refractivity contribution in [2.75, 3.05) is 7.11 Å². The zero-order valence-corrected chi connectivity index (χ0v) is 14.8. The molecule has 0 aliphatic heterocycles. The van der Waals surface area contributed by atoms with E-state index in [1.807, 2.05) is 0 Å². The van der Waals surface area contributed by atoms with Gasteiger partial charge in [0.15, 0.2) is 0 Å². The first-order chi connectivity index (χ1) is 11.9. The largest absolute Gasteiger partial charge is 0.465 e. The fraction of sp³-hybridized carbons (Fsp3) is 0.562. The Kier molecular flexibility index (Phi) is 4.56. The Morgan fingerprint density at radius 3 is 2.35 bits per heavy atom. The summed E-state index contributed by atoms with van der Waals surface area (Å²) in [6.07, 6.45) is -1.90. The lowest BCUT2D eigenvalue weighted by atomic mass is 9.52. The van der Waals surface area contributed by atoms with E-state index in [0.29, 0.717) is 25.0 Å². The van der Waals surface area contributed by atoms with E-state index in [2.05, 4.69) is 9.46 Å². The minimum absolute atomic E-state index is 0.0671. The maximum atomic E-state index is 13.1. The summed E-state index contributed by atoms with van der Waals surface area (Å²) < 4.78 is 71.0. The minimum atomic E-state index is -4.79. The SMILES string of the molecule is COC(=O)c1cc(C(F)(F)F)cc(S(=O)(=O)NC2CC3(CC(N)C3)C2)c1. The van der Waals surface area contributed by atoms with Crippen LogP contribution in [-0.2, 0) is 20.9 Å². The predicted molar refractivity (Wildman–Crippen MR) is 85.8 cm³/mol. The number of ether oxygens (including phenoxy) is 1. The first kappa shape index (κ1) is 19.1. The highest BCUT2D eigenvalue weighted by atomic mass is 32.2. The molecule has 2 aliphatic rings. The molecular weight excluding hydrogens is 373 g/mol. The molecule has 26 heavy (non-hydrogen) atoms. The highest BCUT2D eigenvalue weighted by Gasteiger charge is 2.52. The zero-order valence-electron chi connectivity index (χ0n) is 14.0. The summed E-state index contributed by atoms with van der Waals surface area (Å²) in [5, 5.41) is 0. The van der Waals surface area contributed by atoms with Gasteiger partial charge in [-0.15, -0.1) is 0 Å². The summed E-state index contributed by atoms with van der Waals surface area (Å²) >= 11 is 0. The van der Waals surface area contributed by atoms with Crippen molar-refractivity contribution >= 4 is 16.0 Å². The zero-order chi connectivity index (χ0) is 19.3. The van der Waals surface area contributed by atoms with Crippen molar-refractivity contribution in [2.24, 2.45) is 11.1 Å². The van der Waals surface area contributed by atoms with Gasteiger partial charge in [0.1, 0.15) is 0 Å². The highest BCUT2D eigenvalue weighted by molar-refractivity contribution is 7.89. The van der Waals surface area contributed by atoms with Crippen LogP contribution in [0.15, 0.2) is 23.1 Å². The van der Waals surface area contributed by atoms with E-state index in [-0.39, 0.29) is 17.5 Å². The van der Waals surface area contributed by atoms with Gasteiger partial charge in [-0.25, -0.2) is 17.9 Å². The van der Waals surface area contributed by atoms with Crippen LogP contribution in [0.2, 0.25) is 0 Å². The summed E-state index contributed by atoms with van der Waals surface area (Å²) in [4.78, 5) is 11.0. The summed E-state index contributed by atoms with van der Waals surface area (Å²) in [6.45, 7) is 0. The Morgan fingerprint density at radius 1 is 1.23 bits per heavy atom. The number of halogens is 3. The molecule has 0 bridgehead atoms. The van der Waals surface area contributed by atoms with Gasteiger partial charge in [0.2, 0.25) is 10.0 Å². The van der Waals surface area contributed by atoms with E-state index in [4.69, 9.17) is 5.73 Å². The first-order valence-corrected chi connectivity index (χ1v) is 9.51. The Labute approximate surface area is 148 Å².